The Hall–Kier alpha value is -2.86. The number of rotatable bonds is 3. The maximum atomic E-state index is 12.5. The summed E-state index contributed by atoms with van der Waals surface area (Å²) in [6.07, 6.45) is 0. The summed E-state index contributed by atoms with van der Waals surface area (Å²) in [5.41, 5.74) is 6.10. The molecule has 1 N–H and O–H groups in total. The molecule has 0 saturated carbocycles. The molecule has 132 valence electrons. The van der Waals surface area contributed by atoms with E-state index < -0.39 is 0 Å². The standard InChI is InChI=1S/C20H18N2O3S/c1-11-6-12(2)18(13(3)7-11)15-9-26-20(21-15)22-19(23)14-4-5-16-17(8-14)25-10-24-16/h4-9H,10H2,1-3H3,(H,21,22,23). The minimum Gasteiger partial charge on any atom is -0.454 e. The van der Waals surface area contributed by atoms with E-state index in [0.717, 1.165) is 11.3 Å². The lowest BCUT2D eigenvalue weighted by molar-refractivity contribution is 0.102. The molecule has 1 aliphatic rings. The average molecular weight is 366 g/mol. The summed E-state index contributed by atoms with van der Waals surface area (Å²) < 4.78 is 10.6. The maximum Gasteiger partial charge on any atom is 0.257 e. The molecule has 2 heterocycles. The highest BCUT2D eigenvalue weighted by molar-refractivity contribution is 7.14. The number of hydrogen-bond acceptors (Lipinski definition) is 5. The molecule has 0 saturated heterocycles. The van der Waals surface area contributed by atoms with Crippen LogP contribution in [-0.4, -0.2) is 17.7 Å². The van der Waals surface area contributed by atoms with Crippen molar-refractivity contribution in [2.24, 2.45) is 0 Å². The summed E-state index contributed by atoms with van der Waals surface area (Å²) >= 11 is 1.42. The molecule has 0 fully saturated rings. The van der Waals surface area contributed by atoms with Gasteiger partial charge in [-0.2, -0.15) is 0 Å². The van der Waals surface area contributed by atoms with Gasteiger partial charge in [0.2, 0.25) is 6.79 Å². The number of carbonyl (C=O) groups excluding carboxylic acids is 1. The molecule has 3 aromatic rings. The van der Waals surface area contributed by atoms with E-state index in [4.69, 9.17) is 9.47 Å². The van der Waals surface area contributed by atoms with Crippen LogP contribution < -0.4 is 14.8 Å². The molecule has 2 aromatic carbocycles. The Bertz CT molecular complexity index is 987. The molecule has 0 aliphatic carbocycles. The van der Waals surface area contributed by atoms with Crippen LogP contribution in [0.15, 0.2) is 35.7 Å². The van der Waals surface area contributed by atoms with Gasteiger partial charge in [-0.3, -0.25) is 10.1 Å². The van der Waals surface area contributed by atoms with E-state index in [1.54, 1.807) is 18.2 Å². The quantitative estimate of drug-likeness (QED) is 0.729. The number of thiazole rings is 1. The van der Waals surface area contributed by atoms with E-state index in [1.807, 2.05) is 5.38 Å². The van der Waals surface area contributed by atoms with Gasteiger partial charge in [-0.1, -0.05) is 17.7 Å². The van der Waals surface area contributed by atoms with Crippen molar-refractivity contribution < 1.29 is 14.3 Å². The third-order valence-corrected chi connectivity index (χ3v) is 5.05. The number of carbonyl (C=O) groups is 1. The van der Waals surface area contributed by atoms with Crippen LogP contribution in [0.2, 0.25) is 0 Å². The van der Waals surface area contributed by atoms with Gasteiger partial charge in [0.15, 0.2) is 16.6 Å². The molecular weight excluding hydrogens is 348 g/mol. The third kappa shape index (κ3) is 3.04. The molecule has 0 bridgehead atoms. The van der Waals surface area contributed by atoms with Crippen molar-refractivity contribution in [1.82, 2.24) is 4.98 Å². The number of benzene rings is 2. The highest BCUT2D eigenvalue weighted by atomic mass is 32.1. The van der Waals surface area contributed by atoms with E-state index >= 15 is 0 Å². The molecule has 4 rings (SSSR count). The predicted molar refractivity (Wildman–Crippen MR) is 102 cm³/mol. The molecule has 0 unspecified atom stereocenters. The second kappa shape index (κ2) is 6.46. The highest BCUT2D eigenvalue weighted by Crippen LogP contribution is 2.34. The lowest BCUT2D eigenvalue weighted by Crippen LogP contribution is -2.11. The third-order valence-electron chi connectivity index (χ3n) is 4.29. The van der Waals surface area contributed by atoms with Gasteiger partial charge in [-0.05, 0) is 50.1 Å². The molecule has 1 aromatic heterocycles. The van der Waals surface area contributed by atoms with Gasteiger partial charge in [-0.15, -0.1) is 11.3 Å². The normalized spacial score (nSPS) is 12.3. The number of fused-ring (bicyclic) bond motifs is 1. The summed E-state index contributed by atoms with van der Waals surface area (Å²) in [4.78, 5) is 17.1. The van der Waals surface area contributed by atoms with Gasteiger partial charge < -0.3 is 9.47 Å². The number of aryl methyl sites for hydroxylation is 3. The van der Waals surface area contributed by atoms with Crippen LogP contribution in [0.1, 0.15) is 27.0 Å². The molecule has 0 spiro atoms. The molecule has 1 aliphatic heterocycles. The van der Waals surface area contributed by atoms with E-state index in [-0.39, 0.29) is 12.7 Å². The summed E-state index contributed by atoms with van der Waals surface area (Å²) in [7, 11) is 0. The first kappa shape index (κ1) is 16.6. The Labute approximate surface area is 155 Å². The SMILES string of the molecule is Cc1cc(C)c(-c2csc(NC(=O)c3ccc4c(c3)OCO4)n2)c(C)c1. The fourth-order valence-corrected chi connectivity index (χ4v) is 3.93. The first-order valence-corrected chi connectivity index (χ1v) is 9.14. The first-order chi connectivity index (χ1) is 12.5. The smallest absolute Gasteiger partial charge is 0.257 e. The number of hydrogen-bond donors (Lipinski definition) is 1. The van der Waals surface area contributed by atoms with Gasteiger partial charge in [0.05, 0.1) is 5.69 Å². The van der Waals surface area contributed by atoms with Crippen molar-refractivity contribution in [2.75, 3.05) is 12.1 Å². The zero-order valence-corrected chi connectivity index (χ0v) is 15.6. The van der Waals surface area contributed by atoms with E-state index in [1.165, 1.54) is 28.0 Å². The van der Waals surface area contributed by atoms with Crippen LogP contribution in [0.25, 0.3) is 11.3 Å². The second-order valence-corrected chi connectivity index (χ2v) is 7.19. The number of anilines is 1. The van der Waals surface area contributed by atoms with E-state index in [0.29, 0.717) is 22.2 Å². The lowest BCUT2D eigenvalue weighted by Gasteiger charge is -2.08. The van der Waals surface area contributed by atoms with Crippen molar-refractivity contribution in [1.29, 1.82) is 0 Å². The fourth-order valence-electron chi connectivity index (χ4n) is 3.24. The van der Waals surface area contributed by atoms with Gasteiger partial charge >= 0.3 is 0 Å². The number of amides is 1. The van der Waals surface area contributed by atoms with E-state index in [9.17, 15) is 4.79 Å². The molecular formula is C20H18N2O3S. The lowest BCUT2D eigenvalue weighted by atomic mass is 9.98. The fraction of sp³-hybridized carbons (Fsp3) is 0.200. The van der Waals surface area contributed by atoms with Crippen LogP contribution in [0.4, 0.5) is 5.13 Å². The highest BCUT2D eigenvalue weighted by Gasteiger charge is 2.17. The minimum absolute atomic E-state index is 0.186. The molecule has 0 atom stereocenters. The Balaban J connectivity index is 1.56. The van der Waals surface area contributed by atoms with E-state index in [2.05, 4.69) is 43.2 Å². The van der Waals surface area contributed by atoms with Gasteiger partial charge in [0.25, 0.3) is 5.91 Å². The predicted octanol–water partition coefficient (Wildman–Crippen LogP) is 4.72. The Morgan fingerprint density at radius 1 is 1.08 bits per heavy atom. The van der Waals surface area contributed by atoms with Crippen molar-refractivity contribution >= 4 is 22.4 Å². The van der Waals surface area contributed by atoms with Crippen LogP contribution in [0.5, 0.6) is 11.5 Å². The minimum atomic E-state index is -0.221. The van der Waals surface area contributed by atoms with Gasteiger partial charge in [0, 0.05) is 16.5 Å². The van der Waals surface area contributed by atoms with Crippen molar-refractivity contribution in [2.45, 2.75) is 20.8 Å². The largest absolute Gasteiger partial charge is 0.454 e. The second-order valence-electron chi connectivity index (χ2n) is 6.33. The number of nitrogens with zero attached hydrogens (tertiary/aromatic N) is 1. The first-order valence-electron chi connectivity index (χ1n) is 8.26. The number of aromatic nitrogens is 1. The molecule has 6 heteroatoms. The molecule has 0 radical (unpaired) electrons. The van der Waals surface area contributed by atoms with Crippen LogP contribution in [-0.2, 0) is 0 Å². The summed E-state index contributed by atoms with van der Waals surface area (Å²) in [6.45, 7) is 6.44. The van der Waals surface area contributed by atoms with Gasteiger partial charge in [0.1, 0.15) is 0 Å². The topological polar surface area (TPSA) is 60.5 Å². The summed E-state index contributed by atoms with van der Waals surface area (Å²) in [5, 5.41) is 5.41. The summed E-state index contributed by atoms with van der Waals surface area (Å²) in [5.74, 6) is 1.02. The zero-order chi connectivity index (χ0) is 18.3. The Morgan fingerprint density at radius 3 is 2.58 bits per heavy atom. The molecule has 26 heavy (non-hydrogen) atoms. The van der Waals surface area contributed by atoms with Crippen molar-refractivity contribution in [3.05, 3.63) is 58.0 Å². The number of nitrogens with one attached hydrogen (secondary N) is 1. The van der Waals surface area contributed by atoms with Crippen molar-refractivity contribution in [3.63, 3.8) is 0 Å². The Kier molecular flexibility index (Phi) is 4.12. The van der Waals surface area contributed by atoms with Gasteiger partial charge in [-0.25, -0.2) is 4.98 Å². The van der Waals surface area contributed by atoms with Crippen molar-refractivity contribution in [3.8, 4) is 22.8 Å². The monoisotopic (exact) mass is 366 g/mol. The van der Waals surface area contributed by atoms with Crippen LogP contribution >= 0.6 is 11.3 Å². The zero-order valence-electron chi connectivity index (χ0n) is 14.8. The number of ether oxygens (including phenoxy) is 2. The maximum absolute atomic E-state index is 12.5. The molecule has 5 nitrogen and oxygen atoms in total. The van der Waals surface area contributed by atoms with Crippen LogP contribution in [0.3, 0.4) is 0 Å². The summed E-state index contributed by atoms with van der Waals surface area (Å²) in [6, 6.07) is 9.43. The average Bonchev–Trinajstić information content (AvgIpc) is 3.22. The molecule has 1 amide bonds. The van der Waals surface area contributed by atoms with Crippen LogP contribution in [0, 0.1) is 20.8 Å². The Morgan fingerprint density at radius 2 is 1.81 bits per heavy atom.